The molecule has 0 aromatic carbocycles. The molecule has 1 aliphatic heterocycles. The third kappa shape index (κ3) is 3.33. The number of hydrogen-bond donors (Lipinski definition) is 1. The summed E-state index contributed by atoms with van der Waals surface area (Å²) in [5.41, 5.74) is 5.81. The quantitative estimate of drug-likeness (QED) is 0.737. The van der Waals surface area contributed by atoms with Gasteiger partial charge in [0.2, 0.25) is 0 Å². The highest BCUT2D eigenvalue weighted by molar-refractivity contribution is 7.86. The van der Waals surface area contributed by atoms with Crippen LogP contribution in [0.4, 0.5) is 0 Å². The number of hydrogen-bond acceptors (Lipinski definition) is 3. The lowest BCUT2D eigenvalue weighted by Gasteiger charge is -2.39. The van der Waals surface area contributed by atoms with Crippen LogP contribution in [0.15, 0.2) is 0 Å². The fraction of sp³-hybridized carbons (Fsp3) is 1.00. The van der Waals surface area contributed by atoms with Crippen LogP contribution in [0.3, 0.4) is 0 Å². The minimum absolute atomic E-state index is 0.0799. The van der Waals surface area contributed by atoms with Crippen molar-refractivity contribution in [1.82, 2.24) is 4.90 Å². The summed E-state index contributed by atoms with van der Waals surface area (Å²) in [6, 6.07) is 0. The Labute approximate surface area is 89.5 Å². The number of rotatable bonds is 2. The molecule has 4 heteroatoms. The molecule has 0 bridgehead atoms. The average molecular weight is 218 g/mol. The minimum Gasteiger partial charge on any atom is -0.324 e. The van der Waals surface area contributed by atoms with Crippen molar-refractivity contribution in [1.29, 1.82) is 0 Å². The Hall–Kier alpha value is 0.0700. The number of nitrogens with zero attached hydrogens (tertiary/aromatic N) is 1. The van der Waals surface area contributed by atoms with Gasteiger partial charge in [0.15, 0.2) is 0 Å². The molecule has 14 heavy (non-hydrogen) atoms. The first-order valence-corrected chi connectivity index (χ1v) is 6.42. The molecule has 1 saturated heterocycles. The van der Waals surface area contributed by atoms with Gasteiger partial charge in [-0.2, -0.15) is 0 Å². The van der Waals surface area contributed by atoms with Crippen molar-refractivity contribution in [2.24, 2.45) is 5.73 Å². The normalized spacial score (nSPS) is 29.1. The SMILES string of the molecule is CC(C)(N)CN1CCS(=O)C(C)(C)C1. The van der Waals surface area contributed by atoms with Gasteiger partial charge in [0, 0.05) is 41.7 Å². The standard InChI is InChI=1S/C10H22N2OS/c1-9(2,11)7-12-5-6-14(13)10(3,4)8-12/h5-8,11H2,1-4H3. The van der Waals surface area contributed by atoms with E-state index in [4.69, 9.17) is 5.73 Å². The molecular weight excluding hydrogens is 196 g/mol. The van der Waals surface area contributed by atoms with E-state index >= 15 is 0 Å². The Balaban J connectivity index is 2.56. The molecule has 1 fully saturated rings. The minimum atomic E-state index is -0.682. The molecule has 0 aliphatic carbocycles. The van der Waals surface area contributed by atoms with E-state index in [1.807, 2.05) is 13.8 Å². The van der Waals surface area contributed by atoms with E-state index < -0.39 is 10.8 Å². The first kappa shape index (κ1) is 12.1. The molecule has 2 N–H and O–H groups in total. The zero-order chi connectivity index (χ0) is 11.0. The van der Waals surface area contributed by atoms with Gasteiger partial charge in [-0.3, -0.25) is 9.11 Å². The van der Waals surface area contributed by atoms with Crippen molar-refractivity contribution >= 4 is 10.8 Å². The maximum absolute atomic E-state index is 11.7. The van der Waals surface area contributed by atoms with E-state index in [0.717, 1.165) is 25.4 Å². The zero-order valence-electron chi connectivity index (χ0n) is 9.67. The van der Waals surface area contributed by atoms with Crippen LogP contribution in [-0.4, -0.2) is 44.8 Å². The average Bonchev–Trinajstić information content (AvgIpc) is 1.93. The van der Waals surface area contributed by atoms with Gasteiger partial charge in [0.1, 0.15) is 0 Å². The summed E-state index contributed by atoms with van der Waals surface area (Å²) < 4.78 is 11.6. The first-order chi connectivity index (χ1) is 6.21. The van der Waals surface area contributed by atoms with E-state index in [9.17, 15) is 4.21 Å². The molecule has 0 amide bonds. The maximum atomic E-state index is 11.7. The lowest BCUT2D eigenvalue weighted by atomic mass is 10.1. The van der Waals surface area contributed by atoms with Gasteiger partial charge in [-0.1, -0.05) is 0 Å². The molecule has 1 rings (SSSR count). The van der Waals surface area contributed by atoms with Gasteiger partial charge < -0.3 is 5.73 Å². The van der Waals surface area contributed by atoms with E-state index in [1.165, 1.54) is 0 Å². The second-order valence-electron chi connectivity index (χ2n) is 5.51. The summed E-state index contributed by atoms with van der Waals surface area (Å²) in [6.45, 7) is 10.9. The second-order valence-corrected chi connectivity index (χ2v) is 7.71. The highest BCUT2D eigenvalue weighted by atomic mass is 32.2. The van der Waals surface area contributed by atoms with Crippen LogP contribution >= 0.6 is 0 Å². The van der Waals surface area contributed by atoms with Crippen LogP contribution in [0.1, 0.15) is 27.7 Å². The van der Waals surface area contributed by atoms with Crippen LogP contribution in [0, 0.1) is 0 Å². The maximum Gasteiger partial charge on any atom is 0.0530 e. The summed E-state index contributed by atoms with van der Waals surface area (Å²) in [4.78, 5) is 2.32. The molecule has 3 nitrogen and oxygen atoms in total. The zero-order valence-corrected chi connectivity index (χ0v) is 10.5. The Kier molecular flexibility index (Phi) is 3.39. The highest BCUT2D eigenvalue weighted by Crippen LogP contribution is 2.20. The van der Waals surface area contributed by atoms with Gasteiger partial charge in [-0.25, -0.2) is 0 Å². The van der Waals surface area contributed by atoms with Crippen molar-refractivity contribution in [2.45, 2.75) is 38.0 Å². The van der Waals surface area contributed by atoms with Crippen LogP contribution in [0.25, 0.3) is 0 Å². The molecule has 0 saturated carbocycles. The number of nitrogens with two attached hydrogens (primary N) is 1. The molecule has 1 heterocycles. The molecular formula is C10H22N2OS. The largest absolute Gasteiger partial charge is 0.324 e. The molecule has 84 valence electrons. The Morgan fingerprint density at radius 3 is 2.50 bits per heavy atom. The first-order valence-electron chi connectivity index (χ1n) is 5.10. The Morgan fingerprint density at radius 2 is 2.07 bits per heavy atom. The lowest BCUT2D eigenvalue weighted by Crippen LogP contribution is -2.55. The van der Waals surface area contributed by atoms with Crippen LogP contribution in [0.5, 0.6) is 0 Å². The molecule has 0 aromatic rings. The second kappa shape index (κ2) is 3.91. The molecule has 1 atom stereocenters. The third-order valence-electron chi connectivity index (χ3n) is 2.44. The summed E-state index contributed by atoms with van der Waals surface area (Å²) in [7, 11) is -0.682. The van der Waals surface area contributed by atoms with E-state index in [1.54, 1.807) is 0 Å². The van der Waals surface area contributed by atoms with Gasteiger partial charge in [0.25, 0.3) is 0 Å². The van der Waals surface area contributed by atoms with Crippen molar-refractivity contribution < 1.29 is 4.21 Å². The van der Waals surface area contributed by atoms with E-state index in [2.05, 4.69) is 18.7 Å². The predicted octanol–water partition coefficient (Wildman–Crippen LogP) is 0.567. The van der Waals surface area contributed by atoms with Crippen molar-refractivity contribution in [3.63, 3.8) is 0 Å². The van der Waals surface area contributed by atoms with Gasteiger partial charge in [0.05, 0.1) is 4.75 Å². The van der Waals surface area contributed by atoms with Crippen LogP contribution in [0.2, 0.25) is 0 Å². The summed E-state index contributed by atoms with van der Waals surface area (Å²) in [6.07, 6.45) is 0. The Morgan fingerprint density at radius 1 is 1.50 bits per heavy atom. The predicted molar refractivity (Wildman–Crippen MR) is 61.8 cm³/mol. The van der Waals surface area contributed by atoms with Crippen LogP contribution in [-0.2, 0) is 10.8 Å². The fourth-order valence-electron chi connectivity index (χ4n) is 1.89. The molecule has 0 radical (unpaired) electrons. The van der Waals surface area contributed by atoms with E-state index in [0.29, 0.717) is 0 Å². The van der Waals surface area contributed by atoms with Crippen molar-refractivity contribution in [2.75, 3.05) is 25.4 Å². The van der Waals surface area contributed by atoms with Gasteiger partial charge >= 0.3 is 0 Å². The molecule has 1 unspecified atom stereocenters. The molecule has 0 spiro atoms. The topological polar surface area (TPSA) is 46.3 Å². The summed E-state index contributed by atoms with van der Waals surface area (Å²) >= 11 is 0. The smallest absolute Gasteiger partial charge is 0.0530 e. The van der Waals surface area contributed by atoms with Gasteiger partial charge in [-0.15, -0.1) is 0 Å². The lowest BCUT2D eigenvalue weighted by molar-refractivity contribution is 0.213. The summed E-state index contributed by atoms with van der Waals surface area (Å²) in [5, 5.41) is 0. The summed E-state index contributed by atoms with van der Waals surface area (Å²) in [5.74, 6) is 0.781. The van der Waals surface area contributed by atoms with Gasteiger partial charge in [-0.05, 0) is 27.7 Å². The Bertz CT molecular complexity index is 233. The van der Waals surface area contributed by atoms with Crippen molar-refractivity contribution in [3.05, 3.63) is 0 Å². The van der Waals surface area contributed by atoms with Crippen LogP contribution < -0.4 is 5.73 Å². The van der Waals surface area contributed by atoms with Crippen molar-refractivity contribution in [3.8, 4) is 0 Å². The molecule has 1 aliphatic rings. The molecule has 0 aromatic heterocycles. The van der Waals surface area contributed by atoms with E-state index in [-0.39, 0.29) is 10.3 Å². The fourth-order valence-corrected chi connectivity index (χ4v) is 3.19. The third-order valence-corrected chi connectivity index (χ3v) is 4.36. The highest BCUT2D eigenvalue weighted by Gasteiger charge is 2.34. The monoisotopic (exact) mass is 218 g/mol.